The van der Waals surface area contributed by atoms with Crippen molar-refractivity contribution in [3.63, 3.8) is 0 Å². The minimum atomic E-state index is 0.980. The van der Waals surface area contributed by atoms with Gasteiger partial charge in [0.2, 0.25) is 0 Å². The van der Waals surface area contributed by atoms with Crippen LogP contribution in [0.5, 0.6) is 0 Å². The first-order valence-electron chi connectivity index (χ1n) is 5.60. The summed E-state index contributed by atoms with van der Waals surface area (Å²) in [5.74, 6) is 1.14. The molecule has 1 N–H and O–H groups in total. The molecule has 4 heteroatoms. The van der Waals surface area contributed by atoms with E-state index in [-0.39, 0.29) is 0 Å². The van der Waals surface area contributed by atoms with Gasteiger partial charge in [0, 0.05) is 24.8 Å². The quantitative estimate of drug-likeness (QED) is 0.792. The highest BCUT2D eigenvalue weighted by Crippen LogP contribution is 2.21. The van der Waals surface area contributed by atoms with Gasteiger partial charge in [-0.15, -0.1) is 0 Å². The lowest BCUT2D eigenvalue weighted by molar-refractivity contribution is 0.778. The Morgan fingerprint density at radius 2 is 2.20 bits per heavy atom. The van der Waals surface area contributed by atoms with Crippen LogP contribution in [0.25, 0.3) is 0 Å². The molecule has 0 spiro atoms. The number of nitrogens with one attached hydrogen (secondary N) is 1. The number of anilines is 1. The van der Waals surface area contributed by atoms with Crippen LogP contribution in [0.4, 0.5) is 5.82 Å². The highest BCUT2D eigenvalue weighted by atomic mass is 15.2. The molecule has 1 aliphatic rings. The maximum Gasteiger partial charge on any atom is 0.135 e. The lowest BCUT2D eigenvalue weighted by Crippen LogP contribution is -2.22. The van der Waals surface area contributed by atoms with E-state index in [2.05, 4.69) is 20.2 Å². The zero-order valence-electron chi connectivity index (χ0n) is 9.24. The van der Waals surface area contributed by atoms with Crippen molar-refractivity contribution in [3.05, 3.63) is 18.1 Å². The summed E-state index contributed by atoms with van der Waals surface area (Å²) in [6, 6.07) is 0. The molecular weight excluding hydrogens is 188 g/mol. The van der Waals surface area contributed by atoms with Crippen molar-refractivity contribution in [2.75, 3.05) is 31.6 Å². The molecule has 0 atom stereocenters. The molecule has 0 unspecified atom stereocenters. The number of hydrogen-bond acceptors (Lipinski definition) is 4. The summed E-state index contributed by atoms with van der Waals surface area (Å²) in [4.78, 5) is 10.9. The summed E-state index contributed by atoms with van der Waals surface area (Å²) in [6.07, 6.45) is 7.17. The first kappa shape index (κ1) is 10.4. The van der Waals surface area contributed by atoms with Crippen molar-refractivity contribution in [1.82, 2.24) is 15.3 Å². The van der Waals surface area contributed by atoms with E-state index in [1.807, 2.05) is 13.2 Å². The Hall–Kier alpha value is -1.16. The van der Waals surface area contributed by atoms with Crippen molar-refractivity contribution in [2.24, 2.45) is 0 Å². The fraction of sp³-hybridized carbons (Fsp3) is 0.636. The second kappa shape index (κ2) is 5.07. The van der Waals surface area contributed by atoms with E-state index in [1.165, 1.54) is 18.4 Å². The van der Waals surface area contributed by atoms with Crippen LogP contribution in [0.15, 0.2) is 12.5 Å². The number of likely N-dealkylation sites (N-methyl/N-ethyl adjacent to an activating group) is 1. The van der Waals surface area contributed by atoms with Crippen LogP contribution in [0.3, 0.4) is 0 Å². The first-order chi connectivity index (χ1) is 7.42. The molecule has 15 heavy (non-hydrogen) atoms. The van der Waals surface area contributed by atoms with Gasteiger partial charge in [-0.05, 0) is 32.9 Å². The average Bonchev–Trinajstić information content (AvgIpc) is 2.80. The molecule has 0 radical (unpaired) electrons. The van der Waals surface area contributed by atoms with Gasteiger partial charge in [0.05, 0.1) is 0 Å². The average molecular weight is 206 g/mol. The smallest absolute Gasteiger partial charge is 0.135 e. The molecule has 2 rings (SSSR count). The zero-order valence-corrected chi connectivity index (χ0v) is 9.24. The molecule has 1 fully saturated rings. The maximum absolute atomic E-state index is 4.40. The third-order valence-electron chi connectivity index (χ3n) is 2.81. The molecule has 0 aromatic carbocycles. The van der Waals surface area contributed by atoms with Crippen LogP contribution in [-0.4, -0.2) is 36.6 Å². The van der Waals surface area contributed by atoms with Crippen LogP contribution in [0.1, 0.15) is 18.4 Å². The molecule has 4 nitrogen and oxygen atoms in total. The molecule has 0 bridgehead atoms. The second-order valence-electron chi connectivity index (χ2n) is 3.92. The predicted octanol–water partition coefficient (Wildman–Crippen LogP) is 0.839. The van der Waals surface area contributed by atoms with Crippen LogP contribution in [-0.2, 0) is 6.42 Å². The Bertz CT molecular complexity index is 307. The summed E-state index contributed by atoms with van der Waals surface area (Å²) >= 11 is 0. The highest BCUT2D eigenvalue weighted by molar-refractivity contribution is 5.46. The van der Waals surface area contributed by atoms with Crippen LogP contribution < -0.4 is 10.2 Å². The maximum atomic E-state index is 4.40. The van der Waals surface area contributed by atoms with Crippen LogP contribution in [0, 0.1) is 0 Å². The third-order valence-corrected chi connectivity index (χ3v) is 2.81. The summed E-state index contributed by atoms with van der Waals surface area (Å²) < 4.78 is 0. The number of nitrogens with zero attached hydrogens (tertiary/aromatic N) is 3. The van der Waals surface area contributed by atoms with Gasteiger partial charge in [0.25, 0.3) is 0 Å². The number of rotatable bonds is 4. The van der Waals surface area contributed by atoms with Crippen LogP contribution >= 0.6 is 0 Å². The van der Waals surface area contributed by atoms with Gasteiger partial charge in [-0.2, -0.15) is 0 Å². The van der Waals surface area contributed by atoms with Crippen LogP contribution in [0.2, 0.25) is 0 Å². The molecular formula is C11H18N4. The SMILES string of the molecule is CNCCc1cncnc1N1CCCC1. The van der Waals surface area contributed by atoms with Crippen molar-refractivity contribution in [2.45, 2.75) is 19.3 Å². The van der Waals surface area contributed by atoms with Gasteiger partial charge in [0.15, 0.2) is 0 Å². The molecule has 1 aromatic rings. The summed E-state index contributed by atoms with van der Waals surface area (Å²) in [7, 11) is 1.97. The molecule has 2 heterocycles. The zero-order chi connectivity index (χ0) is 10.5. The summed E-state index contributed by atoms with van der Waals surface area (Å²) in [6.45, 7) is 3.27. The van der Waals surface area contributed by atoms with E-state index in [0.29, 0.717) is 0 Å². The Morgan fingerprint density at radius 1 is 1.40 bits per heavy atom. The standard InChI is InChI=1S/C11H18N4/c1-12-5-4-10-8-13-9-14-11(10)15-6-2-3-7-15/h8-9,12H,2-7H2,1H3. The Kier molecular flexibility index (Phi) is 3.50. The minimum Gasteiger partial charge on any atom is -0.356 e. The summed E-state index contributed by atoms with van der Waals surface area (Å²) in [5, 5.41) is 3.16. The molecule has 82 valence electrons. The van der Waals surface area contributed by atoms with Gasteiger partial charge in [0.1, 0.15) is 12.1 Å². The van der Waals surface area contributed by atoms with Gasteiger partial charge < -0.3 is 10.2 Å². The largest absolute Gasteiger partial charge is 0.356 e. The van der Waals surface area contributed by atoms with E-state index in [4.69, 9.17) is 0 Å². The second-order valence-corrected chi connectivity index (χ2v) is 3.92. The normalized spacial score (nSPS) is 15.9. The minimum absolute atomic E-state index is 0.980. The molecule has 1 aromatic heterocycles. The van der Waals surface area contributed by atoms with E-state index < -0.39 is 0 Å². The number of aromatic nitrogens is 2. The van der Waals surface area contributed by atoms with Gasteiger partial charge in [-0.1, -0.05) is 0 Å². The van der Waals surface area contributed by atoms with Crippen molar-refractivity contribution < 1.29 is 0 Å². The van der Waals surface area contributed by atoms with Crippen molar-refractivity contribution in [3.8, 4) is 0 Å². The predicted molar refractivity (Wildman–Crippen MR) is 61.1 cm³/mol. The highest BCUT2D eigenvalue weighted by Gasteiger charge is 2.16. The molecule has 1 saturated heterocycles. The van der Waals surface area contributed by atoms with E-state index in [1.54, 1.807) is 6.33 Å². The molecule has 1 aliphatic heterocycles. The number of hydrogen-bond donors (Lipinski definition) is 1. The third kappa shape index (κ3) is 2.45. The summed E-state index contributed by atoms with van der Waals surface area (Å²) in [5.41, 5.74) is 1.26. The monoisotopic (exact) mass is 206 g/mol. The van der Waals surface area contributed by atoms with Gasteiger partial charge in [-0.25, -0.2) is 9.97 Å². The van der Waals surface area contributed by atoms with E-state index >= 15 is 0 Å². The van der Waals surface area contributed by atoms with E-state index in [0.717, 1.165) is 31.9 Å². The lowest BCUT2D eigenvalue weighted by atomic mass is 10.2. The first-order valence-corrected chi connectivity index (χ1v) is 5.60. The van der Waals surface area contributed by atoms with Gasteiger partial charge in [-0.3, -0.25) is 0 Å². The molecule has 0 amide bonds. The van der Waals surface area contributed by atoms with Crippen molar-refractivity contribution >= 4 is 5.82 Å². The Balaban J connectivity index is 2.13. The topological polar surface area (TPSA) is 41.1 Å². The lowest BCUT2D eigenvalue weighted by Gasteiger charge is -2.19. The fourth-order valence-electron chi connectivity index (χ4n) is 2.00. The Morgan fingerprint density at radius 3 is 2.93 bits per heavy atom. The fourth-order valence-corrected chi connectivity index (χ4v) is 2.00. The van der Waals surface area contributed by atoms with Gasteiger partial charge >= 0.3 is 0 Å². The van der Waals surface area contributed by atoms with E-state index in [9.17, 15) is 0 Å². The molecule has 0 saturated carbocycles. The Labute approximate surface area is 90.7 Å². The molecule has 0 aliphatic carbocycles. The van der Waals surface area contributed by atoms with Crippen molar-refractivity contribution in [1.29, 1.82) is 0 Å².